The summed E-state index contributed by atoms with van der Waals surface area (Å²) >= 11 is 9.45. The predicted molar refractivity (Wildman–Crippen MR) is 75.1 cm³/mol. The molecule has 1 aromatic rings. The lowest BCUT2D eigenvalue weighted by Gasteiger charge is -2.34. The standard InChI is InChI=1S/C13H14BrClF3N/c14-8-9-1-2-11(7-12(9)15)19-5-3-10(4-6-19)13(16,17)18/h1-2,7,10H,3-6,8H2. The molecule has 1 aliphatic rings. The van der Waals surface area contributed by atoms with Gasteiger partial charge in [-0.1, -0.05) is 33.6 Å². The van der Waals surface area contributed by atoms with Crippen LogP contribution >= 0.6 is 27.5 Å². The minimum Gasteiger partial charge on any atom is -0.371 e. The Morgan fingerprint density at radius 3 is 2.37 bits per heavy atom. The molecule has 0 radical (unpaired) electrons. The molecule has 1 aliphatic heterocycles. The van der Waals surface area contributed by atoms with Crippen molar-refractivity contribution in [2.24, 2.45) is 5.92 Å². The fourth-order valence-corrected chi connectivity index (χ4v) is 3.20. The molecule has 1 aromatic carbocycles. The van der Waals surface area contributed by atoms with Crippen LogP contribution in [0.1, 0.15) is 18.4 Å². The third-order valence-electron chi connectivity index (χ3n) is 3.50. The first kappa shape index (κ1) is 15.0. The summed E-state index contributed by atoms with van der Waals surface area (Å²) in [7, 11) is 0. The Kier molecular flexibility index (Phi) is 4.66. The summed E-state index contributed by atoms with van der Waals surface area (Å²) in [4.78, 5) is 1.96. The molecule has 0 saturated carbocycles. The average Bonchev–Trinajstić information content (AvgIpc) is 2.38. The van der Waals surface area contributed by atoms with Crippen LogP contribution in [0.25, 0.3) is 0 Å². The highest BCUT2D eigenvalue weighted by Crippen LogP contribution is 2.36. The van der Waals surface area contributed by atoms with Gasteiger partial charge in [-0.05, 0) is 30.5 Å². The van der Waals surface area contributed by atoms with Crippen LogP contribution < -0.4 is 4.90 Å². The fraction of sp³-hybridized carbons (Fsp3) is 0.538. The zero-order chi connectivity index (χ0) is 14.0. The first-order chi connectivity index (χ1) is 8.91. The molecule has 0 bridgehead atoms. The summed E-state index contributed by atoms with van der Waals surface area (Å²) < 4.78 is 37.8. The number of halogens is 5. The average molecular weight is 357 g/mol. The molecule has 0 atom stereocenters. The smallest absolute Gasteiger partial charge is 0.371 e. The van der Waals surface area contributed by atoms with Crippen LogP contribution in [-0.2, 0) is 5.33 Å². The Bertz CT molecular complexity index is 442. The quantitative estimate of drug-likeness (QED) is 0.673. The van der Waals surface area contributed by atoms with Gasteiger partial charge >= 0.3 is 6.18 Å². The van der Waals surface area contributed by atoms with Crippen LogP contribution in [-0.4, -0.2) is 19.3 Å². The summed E-state index contributed by atoms with van der Waals surface area (Å²) in [6, 6.07) is 5.64. The van der Waals surface area contributed by atoms with Crippen LogP contribution in [0.15, 0.2) is 18.2 Å². The first-order valence-corrected chi connectivity index (χ1v) is 7.58. The maximum Gasteiger partial charge on any atom is 0.391 e. The van der Waals surface area contributed by atoms with Gasteiger partial charge in [0.25, 0.3) is 0 Å². The van der Waals surface area contributed by atoms with E-state index in [-0.39, 0.29) is 12.8 Å². The van der Waals surface area contributed by atoms with Crippen molar-refractivity contribution in [1.82, 2.24) is 0 Å². The minimum absolute atomic E-state index is 0.154. The molecule has 19 heavy (non-hydrogen) atoms. The van der Waals surface area contributed by atoms with E-state index in [1.54, 1.807) is 0 Å². The summed E-state index contributed by atoms with van der Waals surface area (Å²) in [5, 5.41) is 1.31. The Morgan fingerprint density at radius 2 is 1.89 bits per heavy atom. The van der Waals surface area contributed by atoms with Crippen molar-refractivity contribution in [3.8, 4) is 0 Å². The molecule has 1 heterocycles. The lowest BCUT2D eigenvalue weighted by atomic mass is 9.96. The van der Waals surface area contributed by atoms with Crippen molar-refractivity contribution in [3.05, 3.63) is 28.8 Å². The highest BCUT2D eigenvalue weighted by atomic mass is 79.9. The van der Waals surface area contributed by atoms with Crippen LogP contribution in [0.2, 0.25) is 5.02 Å². The number of anilines is 1. The molecular weight excluding hydrogens is 343 g/mol. The molecule has 0 spiro atoms. The molecule has 1 nitrogen and oxygen atoms in total. The maximum atomic E-state index is 12.6. The van der Waals surface area contributed by atoms with Crippen molar-refractivity contribution in [2.75, 3.05) is 18.0 Å². The Hall–Kier alpha value is -0.420. The van der Waals surface area contributed by atoms with Gasteiger partial charge in [-0.15, -0.1) is 0 Å². The maximum absolute atomic E-state index is 12.6. The van der Waals surface area contributed by atoms with Crippen LogP contribution in [0.3, 0.4) is 0 Å². The third kappa shape index (κ3) is 3.57. The van der Waals surface area contributed by atoms with Gasteiger partial charge in [0.05, 0.1) is 5.92 Å². The monoisotopic (exact) mass is 355 g/mol. The number of piperidine rings is 1. The van der Waals surface area contributed by atoms with Gasteiger partial charge in [-0.25, -0.2) is 0 Å². The zero-order valence-corrected chi connectivity index (χ0v) is 12.5. The predicted octanol–water partition coefficient (Wildman–Crippen LogP) is 5.01. The Labute approximate surface area is 123 Å². The Morgan fingerprint density at radius 1 is 1.26 bits per heavy atom. The number of rotatable bonds is 2. The van der Waals surface area contributed by atoms with Crippen LogP contribution in [0.5, 0.6) is 0 Å². The van der Waals surface area contributed by atoms with Gasteiger partial charge in [0.1, 0.15) is 0 Å². The largest absolute Gasteiger partial charge is 0.391 e. The molecule has 0 aromatic heterocycles. The van der Waals surface area contributed by atoms with Crippen molar-refractivity contribution in [1.29, 1.82) is 0 Å². The first-order valence-electron chi connectivity index (χ1n) is 6.08. The molecule has 0 unspecified atom stereocenters. The van der Waals surface area contributed by atoms with E-state index >= 15 is 0 Å². The number of hydrogen-bond donors (Lipinski definition) is 0. The molecule has 1 fully saturated rings. The summed E-state index contributed by atoms with van der Waals surface area (Å²) in [6.45, 7) is 0.850. The number of benzene rings is 1. The third-order valence-corrected chi connectivity index (χ3v) is 4.46. The summed E-state index contributed by atoms with van der Waals surface area (Å²) in [5.74, 6) is -1.17. The van der Waals surface area contributed by atoms with Crippen molar-refractivity contribution in [3.63, 3.8) is 0 Å². The van der Waals surface area contributed by atoms with E-state index in [2.05, 4.69) is 15.9 Å². The van der Waals surface area contributed by atoms with Crippen LogP contribution in [0, 0.1) is 5.92 Å². The summed E-state index contributed by atoms with van der Waals surface area (Å²) in [5.41, 5.74) is 1.88. The van der Waals surface area contributed by atoms with Gasteiger partial charge in [0.15, 0.2) is 0 Å². The molecule has 106 valence electrons. The number of alkyl halides is 4. The second-order valence-electron chi connectivity index (χ2n) is 4.71. The van der Waals surface area contributed by atoms with Crippen LogP contribution in [0.4, 0.5) is 18.9 Å². The molecule has 0 amide bonds. The number of nitrogens with zero attached hydrogens (tertiary/aromatic N) is 1. The van der Waals surface area contributed by atoms with E-state index in [1.807, 2.05) is 23.1 Å². The second kappa shape index (κ2) is 5.92. The van der Waals surface area contributed by atoms with E-state index in [9.17, 15) is 13.2 Å². The highest BCUT2D eigenvalue weighted by molar-refractivity contribution is 9.08. The second-order valence-corrected chi connectivity index (χ2v) is 5.68. The SMILES string of the molecule is FC(F)(F)C1CCN(c2ccc(CBr)c(Cl)c2)CC1. The lowest BCUT2D eigenvalue weighted by molar-refractivity contribution is -0.179. The normalized spacial score (nSPS) is 17.8. The molecule has 1 saturated heterocycles. The number of hydrogen-bond acceptors (Lipinski definition) is 1. The molecule has 2 rings (SSSR count). The van der Waals surface area contributed by atoms with Crippen molar-refractivity contribution in [2.45, 2.75) is 24.3 Å². The van der Waals surface area contributed by atoms with Gasteiger partial charge in [0, 0.05) is 29.1 Å². The molecule has 0 N–H and O–H groups in total. The summed E-state index contributed by atoms with van der Waals surface area (Å²) in [6.07, 6.45) is -3.76. The molecule has 6 heteroatoms. The van der Waals surface area contributed by atoms with E-state index in [0.29, 0.717) is 23.4 Å². The minimum atomic E-state index is -4.07. The Balaban J connectivity index is 2.04. The zero-order valence-electron chi connectivity index (χ0n) is 10.2. The van der Waals surface area contributed by atoms with E-state index in [4.69, 9.17) is 11.6 Å². The van der Waals surface area contributed by atoms with Gasteiger partial charge < -0.3 is 4.90 Å². The molecule has 0 aliphatic carbocycles. The molecular formula is C13H14BrClF3N. The van der Waals surface area contributed by atoms with Crippen molar-refractivity contribution < 1.29 is 13.2 Å². The topological polar surface area (TPSA) is 3.24 Å². The lowest BCUT2D eigenvalue weighted by Crippen LogP contribution is -2.39. The van der Waals surface area contributed by atoms with E-state index in [0.717, 1.165) is 11.3 Å². The van der Waals surface area contributed by atoms with E-state index in [1.165, 1.54) is 0 Å². The van der Waals surface area contributed by atoms with Gasteiger partial charge in [-0.2, -0.15) is 13.2 Å². The van der Waals surface area contributed by atoms with Gasteiger partial charge in [-0.3, -0.25) is 0 Å². The highest BCUT2D eigenvalue weighted by Gasteiger charge is 2.41. The van der Waals surface area contributed by atoms with Crippen molar-refractivity contribution >= 4 is 33.2 Å². The van der Waals surface area contributed by atoms with Gasteiger partial charge in [0.2, 0.25) is 0 Å². The fourth-order valence-electron chi connectivity index (χ4n) is 2.31. The van der Waals surface area contributed by atoms with E-state index < -0.39 is 12.1 Å².